The van der Waals surface area contributed by atoms with E-state index in [0.717, 1.165) is 5.56 Å². The highest BCUT2D eigenvalue weighted by atomic mass is 19.1. The lowest BCUT2D eigenvalue weighted by Gasteiger charge is -2.24. The number of carbonyl (C=O) groups excluding carboxylic acids is 1. The molecule has 1 aliphatic heterocycles. The van der Waals surface area contributed by atoms with Gasteiger partial charge < -0.3 is 4.74 Å². The van der Waals surface area contributed by atoms with E-state index in [1.807, 2.05) is 36.4 Å². The summed E-state index contributed by atoms with van der Waals surface area (Å²) in [6.45, 7) is 0. The number of nitriles is 1. The third kappa shape index (κ3) is 2.86. The highest BCUT2D eigenvalue weighted by Crippen LogP contribution is 2.32. The van der Waals surface area contributed by atoms with Crippen molar-refractivity contribution < 1.29 is 13.9 Å². The molecule has 0 aromatic heterocycles. The largest absolute Gasteiger partial charge is 0.482 e. The van der Waals surface area contributed by atoms with Gasteiger partial charge in [-0.15, -0.1) is 0 Å². The van der Waals surface area contributed by atoms with Crippen molar-refractivity contribution in [3.63, 3.8) is 0 Å². The average molecular weight is 322 g/mol. The Balaban J connectivity index is 1.94. The van der Waals surface area contributed by atoms with E-state index >= 15 is 0 Å². The predicted octanol–water partition coefficient (Wildman–Crippen LogP) is 3.48. The molecule has 24 heavy (non-hydrogen) atoms. The van der Waals surface area contributed by atoms with Crippen molar-refractivity contribution in [3.8, 4) is 17.2 Å². The zero-order valence-corrected chi connectivity index (χ0v) is 13.0. The number of nitrogens with zero attached hydrogens (tertiary/aromatic N) is 1. The minimum absolute atomic E-state index is 0.167. The highest BCUT2D eigenvalue weighted by Gasteiger charge is 2.30. The minimum atomic E-state index is -0.613. The number of methoxy groups -OCH3 is 1. The van der Waals surface area contributed by atoms with Crippen molar-refractivity contribution >= 4 is 5.91 Å². The van der Waals surface area contributed by atoms with Gasteiger partial charge in [0.2, 0.25) is 11.8 Å². The maximum Gasteiger partial charge on any atom is 0.234 e. The number of ether oxygens (including phenoxy) is 1. The Labute approximate surface area is 139 Å². The van der Waals surface area contributed by atoms with Crippen LogP contribution in [0.5, 0.6) is 0 Å². The molecule has 0 saturated carbocycles. The van der Waals surface area contributed by atoms with Crippen LogP contribution in [0.1, 0.15) is 17.9 Å². The summed E-state index contributed by atoms with van der Waals surface area (Å²) in [5.74, 6) is -1.15. The van der Waals surface area contributed by atoms with Crippen molar-refractivity contribution in [2.45, 2.75) is 12.3 Å². The second-order valence-corrected chi connectivity index (χ2v) is 5.47. The van der Waals surface area contributed by atoms with Crippen LogP contribution in [0.25, 0.3) is 11.1 Å². The lowest BCUT2D eigenvalue weighted by Crippen LogP contribution is -2.35. The van der Waals surface area contributed by atoms with Gasteiger partial charge in [-0.2, -0.15) is 5.26 Å². The summed E-state index contributed by atoms with van der Waals surface area (Å²) in [5, 5.41) is 11.7. The van der Waals surface area contributed by atoms with Crippen LogP contribution in [0.3, 0.4) is 0 Å². The lowest BCUT2D eigenvalue weighted by molar-refractivity contribution is -0.123. The van der Waals surface area contributed by atoms with Crippen LogP contribution in [-0.2, 0) is 9.53 Å². The fourth-order valence-corrected chi connectivity index (χ4v) is 2.80. The van der Waals surface area contributed by atoms with Crippen LogP contribution in [0, 0.1) is 17.1 Å². The molecule has 2 aromatic rings. The van der Waals surface area contributed by atoms with Crippen LogP contribution in [0.15, 0.2) is 60.0 Å². The van der Waals surface area contributed by atoms with Crippen molar-refractivity contribution in [2.75, 3.05) is 7.11 Å². The van der Waals surface area contributed by atoms with Crippen LogP contribution in [0.2, 0.25) is 0 Å². The standard InChI is InChI=1S/C19H15FN2O2/c1-24-19-14(11-21)9-16(18(23)22-19)13-7-8-15(17(20)10-13)12-5-3-2-4-6-12/h2-8,10,16H,9H2,1H3,(H,22,23). The topological polar surface area (TPSA) is 62.1 Å². The summed E-state index contributed by atoms with van der Waals surface area (Å²) < 4.78 is 19.5. The van der Waals surface area contributed by atoms with Gasteiger partial charge in [0, 0.05) is 12.0 Å². The molecule has 0 saturated heterocycles. The first-order valence-electron chi connectivity index (χ1n) is 7.47. The molecule has 1 unspecified atom stereocenters. The number of amides is 1. The second kappa shape index (κ2) is 6.55. The van der Waals surface area contributed by atoms with Crippen LogP contribution in [-0.4, -0.2) is 13.0 Å². The molecule has 1 heterocycles. The summed E-state index contributed by atoms with van der Waals surface area (Å²) in [5.41, 5.74) is 2.13. The molecule has 0 spiro atoms. The monoisotopic (exact) mass is 322 g/mol. The second-order valence-electron chi connectivity index (χ2n) is 5.47. The van der Waals surface area contributed by atoms with Gasteiger partial charge in [-0.1, -0.05) is 42.5 Å². The minimum Gasteiger partial charge on any atom is -0.482 e. The van der Waals surface area contributed by atoms with E-state index in [-0.39, 0.29) is 18.2 Å². The molecule has 1 aliphatic rings. The molecular formula is C19H15FN2O2. The van der Waals surface area contributed by atoms with Crippen LogP contribution >= 0.6 is 0 Å². The third-order valence-corrected chi connectivity index (χ3v) is 4.05. The summed E-state index contributed by atoms with van der Waals surface area (Å²) >= 11 is 0. The Morgan fingerprint density at radius 3 is 2.62 bits per heavy atom. The summed E-state index contributed by atoms with van der Waals surface area (Å²) in [4.78, 5) is 12.2. The zero-order valence-electron chi connectivity index (χ0n) is 13.0. The SMILES string of the molecule is COC1=C(C#N)CC(c2ccc(-c3ccccc3)c(F)c2)C(=O)N1. The van der Waals surface area contributed by atoms with Crippen LogP contribution in [0.4, 0.5) is 4.39 Å². The van der Waals surface area contributed by atoms with E-state index in [9.17, 15) is 14.4 Å². The highest BCUT2D eigenvalue weighted by molar-refractivity contribution is 5.87. The number of halogens is 1. The molecule has 0 bridgehead atoms. The molecular weight excluding hydrogens is 307 g/mol. The number of hydrogen-bond acceptors (Lipinski definition) is 3. The third-order valence-electron chi connectivity index (χ3n) is 4.05. The zero-order chi connectivity index (χ0) is 17.1. The number of allylic oxidation sites excluding steroid dienone is 1. The molecule has 3 rings (SSSR count). The van der Waals surface area contributed by atoms with Crippen LogP contribution < -0.4 is 5.32 Å². The Morgan fingerprint density at radius 1 is 1.25 bits per heavy atom. The summed E-state index contributed by atoms with van der Waals surface area (Å²) in [7, 11) is 1.39. The first-order valence-corrected chi connectivity index (χ1v) is 7.47. The Hall–Kier alpha value is -3.13. The van der Waals surface area contributed by atoms with Gasteiger partial charge in [-0.25, -0.2) is 4.39 Å². The van der Waals surface area contributed by atoms with Gasteiger partial charge in [0.25, 0.3) is 0 Å². The molecule has 120 valence electrons. The van der Waals surface area contributed by atoms with E-state index in [1.165, 1.54) is 13.2 Å². The number of benzene rings is 2. The predicted molar refractivity (Wildman–Crippen MR) is 87.0 cm³/mol. The van der Waals surface area contributed by atoms with Gasteiger partial charge in [0.15, 0.2) is 0 Å². The van der Waals surface area contributed by atoms with Gasteiger partial charge in [0.1, 0.15) is 11.9 Å². The molecule has 1 atom stereocenters. The van der Waals surface area contributed by atoms with Gasteiger partial charge >= 0.3 is 0 Å². The molecule has 5 heteroatoms. The first-order chi connectivity index (χ1) is 11.6. The maximum absolute atomic E-state index is 14.5. The number of nitrogens with one attached hydrogen (secondary N) is 1. The molecule has 2 aromatic carbocycles. The number of rotatable bonds is 3. The van der Waals surface area contributed by atoms with E-state index < -0.39 is 11.7 Å². The Morgan fingerprint density at radius 2 is 2.00 bits per heavy atom. The Bertz CT molecular complexity index is 853. The number of hydrogen-bond donors (Lipinski definition) is 1. The maximum atomic E-state index is 14.5. The normalized spacial score (nSPS) is 17.2. The summed E-state index contributed by atoms with van der Waals surface area (Å²) in [6.07, 6.45) is 0.190. The molecule has 4 nitrogen and oxygen atoms in total. The lowest BCUT2D eigenvalue weighted by atomic mass is 9.88. The molecule has 0 radical (unpaired) electrons. The molecule has 1 N–H and O–H groups in total. The molecule has 1 amide bonds. The number of carbonyl (C=O) groups is 1. The quantitative estimate of drug-likeness (QED) is 0.941. The molecule has 0 fully saturated rings. The van der Waals surface area contributed by atoms with Crippen molar-refractivity contribution in [3.05, 3.63) is 71.4 Å². The van der Waals surface area contributed by atoms with E-state index in [1.54, 1.807) is 12.1 Å². The van der Waals surface area contributed by atoms with Gasteiger partial charge in [-0.05, 0) is 17.2 Å². The van der Waals surface area contributed by atoms with Gasteiger partial charge in [-0.3, -0.25) is 10.1 Å². The van der Waals surface area contributed by atoms with E-state index in [0.29, 0.717) is 16.7 Å². The first kappa shape index (κ1) is 15.8. The summed E-state index contributed by atoms with van der Waals surface area (Å²) in [6, 6.07) is 16.0. The van der Waals surface area contributed by atoms with Crippen molar-refractivity contribution in [1.82, 2.24) is 5.32 Å². The van der Waals surface area contributed by atoms with Crippen molar-refractivity contribution in [1.29, 1.82) is 5.26 Å². The fourth-order valence-electron chi connectivity index (χ4n) is 2.80. The van der Waals surface area contributed by atoms with Crippen molar-refractivity contribution in [2.24, 2.45) is 0 Å². The van der Waals surface area contributed by atoms with Gasteiger partial charge in [0.05, 0.1) is 18.6 Å². The smallest absolute Gasteiger partial charge is 0.234 e. The van der Waals surface area contributed by atoms with E-state index in [2.05, 4.69) is 5.32 Å². The van der Waals surface area contributed by atoms with E-state index in [4.69, 9.17) is 4.74 Å². The Kier molecular flexibility index (Phi) is 4.30. The molecule has 0 aliphatic carbocycles. The average Bonchev–Trinajstić information content (AvgIpc) is 2.62. The fraction of sp³-hybridized carbons (Fsp3) is 0.158.